The second-order valence-corrected chi connectivity index (χ2v) is 9.25. The van der Waals surface area contributed by atoms with E-state index in [0.29, 0.717) is 13.1 Å². The lowest BCUT2D eigenvalue weighted by Gasteiger charge is -2.26. The SMILES string of the molecule is COc1ccc(NC(=O)COC(=O)c2ccccc2Cl)cc1S(=O)(=O)N1CCCCC1. The number of nitrogens with zero attached hydrogens (tertiary/aromatic N) is 1. The zero-order valence-electron chi connectivity index (χ0n) is 17.0. The highest BCUT2D eigenvalue weighted by molar-refractivity contribution is 7.89. The number of anilines is 1. The largest absolute Gasteiger partial charge is 0.495 e. The van der Waals surface area contributed by atoms with E-state index in [1.54, 1.807) is 18.2 Å². The fraction of sp³-hybridized carbons (Fsp3) is 0.333. The third kappa shape index (κ3) is 5.55. The number of sulfonamides is 1. The van der Waals surface area contributed by atoms with E-state index in [9.17, 15) is 18.0 Å². The van der Waals surface area contributed by atoms with E-state index in [0.717, 1.165) is 19.3 Å². The molecule has 0 atom stereocenters. The van der Waals surface area contributed by atoms with Crippen molar-refractivity contribution in [1.82, 2.24) is 4.31 Å². The standard InChI is InChI=1S/C21H23ClN2O6S/c1-29-18-10-9-15(13-19(18)31(27,28)24-11-5-2-6-12-24)23-20(25)14-30-21(26)16-7-3-4-8-17(16)22/h3-4,7-10,13H,2,5-6,11-12,14H2,1H3,(H,23,25). The van der Waals surface area contributed by atoms with Crippen molar-refractivity contribution >= 4 is 39.2 Å². The van der Waals surface area contributed by atoms with Crippen LogP contribution >= 0.6 is 11.6 Å². The molecule has 1 aliphatic rings. The van der Waals surface area contributed by atoms with Crippen molar-refractivity contribution in [2.24, 2.45) is 0 Å². The van der Waals surface area contributed by atoms with Crippen molar-refractivity contribution in [1.29, 1.82) is 0 Å². The number of carbonyl (C=O) groups excluding carboxylic acids is 2. The molecule has 2 aromatic rings. The third-order valence-electron chi connectivity index (χ3n) is 4.81. The number of amides is 1. The molecule has 0 saturated carbocycles. The average Bonchev–Trinajstić information content (AvgIpc) is 2.78. The zero-order valence-corrected chi connectivity index (χ0v) is 18.5. The molecule has 8 nitrogen and oxygen atoms in total. The van der Waals surface area contributed by atoms with Crippen molar-refractivity contribution in [3.8, 4) is 5.75 Å². The van der Waals surface area contributed by atoms with Gasteiger partial charge in [-0.2, -0.15) is 4.31 Å². The quantitative estimate of drug-likeness (QED) is 0.628. The van der Waals surface area contributed by atoms with Gasteiger partial charge in [-0.25, -0.2) is 13.2 Å². The molecule has 0 radical (unpaired) electrons. The Bertz CT molecular complexity index is 1070. The van der Waals surface area contributed by atoms with Gasteiger partial charge in [-0.05, 0) is 43.2 Å². The lowest BCUT2D eigenvalue weighted by Crippen LogP contribution is -2.35. The van der Waals surface area contributed by atoms with Gasteiger partial charge in [0.25, 0.3) is 5.91 Å². The fourth-order valence-corrected chi connectivity index (χ4v) is 5.14. The smallest absolute Gasteiger partial charge is 0.340 e. The summed E-state index contributed by atoms with van der Waals surface area (Å²) in [7, 11) is -2.39. The van der Waals surface area contributed by atoms with Crippen LogP contribution in [0.4, 0.5) is 5.69 Å². The van der Waals surface area contributed by atoms with Gasteiger partial charge in [-0.15, -0.1) is 0 Å². The number of ether oxygens (including phenoxy) is 2. The van der Waals surface area contributed by atoms with Gasteiger partial charge in [0, 0.05) is 18.8 Å². The number of hydrogen-bond acceptors (Lipinski definition) is 6. The monoisotopic (exact) mass is 466 g/mol. The van der Waals surface area contributed by atoms with E-state index in [1.165, 1.54) is 35.7 Å². The predicted octanol–water partition coefficient (Wildman–Crippen LogP) is 3.32. The Kier molecular flexibility index (Phi) is 7.53. The first-order valence-corrected chi connectivity index (χ1v) is 11.5. The number of nitrogens with one attached hydrogen (secondary N) is 1. The summed E-state index contributed by atoms with van der Waals surface area (Å²) in [6.07, 6.45) is 2.59. The lowest BCUT2D eigenvalue weighted by atomic mass is 10.2. The summed E-state index contributed by atoms with van der Waals surface area (Å²) in [6, 6.07) is 10.7. The number of benzene rings is 2. The van der Waals surface area contributed by atoms with E-state index in [4.69, 9.17) is 21.1 Å². The van der Waals surface area contributed by atoms with E-state index in [2.05, 4.69) is 5.32 Å². The minimum Gasteiger partial charge on any atom is -0.495 e. The van der Waals surface area contributed by atoms with Crippen molar-refractivity contribution < 1.29 is 27.5 Å². The Morgan fingerprint density at radius 3 is 2.48 bits per heavy atom. The van der Waals surface area contributed by atoms with Crippen LogP contribution in [0.3, 0.4) is 0 Å². The third-order valence-corrected chi connectivity index (χ3v) is 7.06. The molecular formula is C21H23ClN2O6S. The Morgan fingerprint density at radius 2 is 1.81 bits per heavy atom. The van der Waals surface area contributed by atoms with Crippen LogP contribution in [0, 0.1) is 0 Å². The Balaban J connectivity index is 1.70. The van der Waals surface area contributed by atoms with Gasteiger partial charge in [-0.1, -0.05) is 30.2 Å². The van der Waals surface area contributed by atoms with Crippen molar-refractivity contribution in [2.45, 2.75) is 24.2 Å². The van der Waals surface area contributed by atoms with Crippen LogP contribution in [0.15, 0.2) is 47.4 Å². The zero-order chi connectivity index (χ0) is 22.4. The average molecular weight is 467 g/mol. The number of halogens is 1. The van der Waals surface area contributed by atoms with Gasteiger partial charge in [0.15, 0.2) is 6.61 Å². The molecular weight excluding hydrogens is 444 g/mol. The molecule has 0 bridgehead atoms. The number of piperidine rings is 1. The van der Waals surface area contributed by atoms with E-state index in [-0.39, 0.29) is 26.9 Å². The molecule has 1 saturated heterocycles. The first-order chi connectivity index (χ1) is 14.8. The molecule has 166 valence electrons. The van der Waals surface area contributed by atoms with Gasteiger partial charge in [0.1, 0.15) is 10.6 Å². The molecule has 0 unspecified atom stereocenters. The van der Waals surface area contributed by atoms with Gasteiger partial charge in [-0.3, -0.25) is 4.79 Å². The van der Waals surface area contributed by atoms with Crippen molar-refractivity contribution in [3.63, 3.8) is 0 Å². The van der Waals surface area contributed by atoms with Crippen LogP contribution in [-0.2, 0) is 19.6 Å². The topological polar surface area (TPSA) is 102 Å². The summed E-state index contributed by atoms with van der Waals surface area (Å²) >= 11 is 5.94. The van der Waals surface area contributed by atoms with Gasteiger partial charge >= 0.3 is 5.97 Å². The number of methoxy groups -OCH3 is 1. The fourth-order valence-electron chi connectivity index (χ4n) is 3.23. The summed E-state index contributed by atoms with van der Waals surface area (Å²) < 4.78 is 37.8. The van der Waals surface area contributed by atoms with E-state index >= 15 is 0 Å². The normalized spacial score (nSPS) is 14.6. The van der Waals surface area contributed by atoms with Crippen molar-refractivity contribution in [3.05, 3.63) is 53.1 Å². The second-order valence-electron chi connectivity index (χ2n) is 6.93. The molecule has 2 aromatic carbocycles. The molecule has 10 heteroatoms. The predicted molar refractivity (Wildman–Crippen MR) is 116 cm³/mol. The van der Waals surface area contributed by atoms with E-state index < -0.39 is 28.5 Å². The van der Waals surface area contributed by atoms with Crippen LogP contribution in [0.2, 0.25) is 5.02 Å². The number of hydrogen-bond donors (Lipinski definition) is 1. The minimum absolute atomic E-state index is 0.0252. The molecule has 0 aliphatic carbocycles. The molecule has 1 heterocycles. The highest BCUT2D eigenvalue weighted by Crippen LogP contribution is 2.31. The summed E-state index contributed by atoms with van der Waals surface area (Å²) in [5.41, 5.74) is 0.395. The van der Waals surface area contributed by atoms with Crippen molar-refractivity contribution in [2.75, 3.05) is 32.1 Å². The van der Waals surface area contributed by atoms with Gasteiger partial charge < -0.3 is 14.8 Å². The molecule has 0 aromatic heterocycles. The first-order valence-electron chi connectivity index (χ1n) is 9.72. The maximum absolute atomic E-state index is 13.1. The summed E-state index contributed by atoms with van der Waals surface area (Å²) in [5, 5.41) is 2.76. The van der Waals surface area contributed by atoms with Crippen LogP contribution in [0.5, 0.6) is 5.75 Å². The molecule has 3 rings (SSSR count). The summed E-state index contributed by atoms with van der Waals surface area (Å²) in [6.45, 7) is 0.338. The number of carbonyl (C=O) groups is 2. The lowest BCUT2D eigenvalue weighted by molar-refractivity contribution is -0.119. The van der Waals surface area contributed by atoms with Crippen LogP contribution in [-0.4, -0.2) is 51.4 Å². The van der Waals surface area contributed by atoms with Gasteiger partial charge in [0.2, 0.25) is 10.0 Å². The molecule has 0 spiro atoms. The first kappa shape index (κ1) is 23.1. The van der Waals surface area contributed by atoms with Crippen LogP contribution in [0.1, 0.15) is 29.6 Å². The molecule has 1 aliphatic heterocycles. The summed E-state index contributed by atoms with van der Waals surface area (Å²) in [5.74, 6) is -1.16. The highest BCUT2D eigenvalue weighted by atomic mass is 35.5. The number of rotatable bonds is 7. The Morgan fingerprint density at radius 1 is 1.10 bits per heavy atom. The van der Waals surface area contributed by atoms with Gasteiger partial charge in [0.05, 0.1) is 17.7 Å². The van der Waals surface area contributed by atoms with Crippen LogP contribution in [0.25, 0.3) is 0 Å². The maximum Gasteiger partial charge on any atom is 0.340 e. The second kappa shape index (κ2) is 10.1. The molecule has 1 amide bonds. The number of esters is 1. The molecule has 31 heavy (non-hydrogen) atoms. The minimum atomic E-state index is -3.77. The highest BCUT2D eigenvalue weighted by Gasteiger charge is 2.29. The van der Waals surface area contributed by atoms with E-state index in [1.807, 2.05) is 0 Å². The summed E-state index contributed by atoms with van der Waals surface area (Å²) in [4.78, 5) is 24.3. The van der Waals surface area contributed by atoms with Crippen LogP contribution < -0.4 is 10.1 Å². The molecule has 1 N–H and O–H groups in total. The maximum atomic E-state index is 13.1. The Labute approximate surface area is 186 Å². The Hall–Kier alpha value is -2.62. The molecule has 1 fully saturated rings.